The lowest BCUT2D eigenvalue weighted by molar-refractivity contribution is 0.369. The molecular weight excluding hydrogens is 154 g/mol. The average molecular weight is 169 g/mol. The predicted molar refractivity (Wildman–Crippen MR) is 49.4 cm³/mol. The van der Waals surface area contributed by atoms with Crippen LogP contribution in [0.4, 0.5) is 0 Å². The average Bonchev–Trinajstić information content (AvgIpc) is 2.09. The third-order valence-electron chi connectivity index (χ3n) is 2.44. The van der Waals surface area contributed by atoms with E-state index in [4.69, 9.17) is 5.26 Å². The van der Waals surface area contributed by atoms with Crippen LogP contribution >= 0.6 is 11.8 Å². The first kappa shape index (κ1) is 8.93. The lowest BCUT2D eigenvalue weighted by Gasteiger charge is -2.24. The Hall–Kier alpha value is -0.160. The molecule has 0 bridgehead atoms. The smallest absolute Gasteiger partial charge is 0.0658 e. The number of hydrogen-bond donors (Lipinski definition) is 0. The Morgan fingerprint density at radius 2 is 2.18 bits per heavy atom. The lowest BCUT2D eigenvalue weighted by Crippen LogP contribution is -2.17. The molecule has 0 aromatic heterocycles. The van der Waals surface area contributed by atoms with Gasteiger partial charge in [0, 0.05) is 5.92 Å². The summed E-state index contributed by atoms with van der Waals surface area (Å²) in [5, 5.41) is 8.82. The van der Waals surface area contributed by atoms with Gasteiger partial charge in [-0.05, 0) is 36.7 Å². The number of rotatable bonds is 2. The molecule has 0 amide bonds. The van der Waals surface area contributed by atoms with Crippen LogP contribution in [0.25, 0.3) is 0 Å². The van der Waals surface area contributed by atoms with Gasteiger partial charge in [0.25, 0.3) is 0 Å². The summed E-state index contributed by atoms with van der Waals surface area (Å²) in [7, 11) is 0. The number of nitriles is 1. The summed E-state index contributed by atoms with van der Waals surface area (Å²) in [5.41, 5.74) is 0. The van der Waals surface area contributed by atoms with Crippen molar-refractivity contribution < 1.29 is 0 Å². The summed E-state index contributed by atoms with van der Waals surface area (Å²) >= 11 is 2.03. The second-order valence-corrected chi connectivity index (χ2v) is 4.32. The van der Waals surface area contributed by atoms with Crippen LogP contribution < -0.4 is 0 Å². The molecule has 1 fully saturated rings. The predicted octanol–water partition coefficient (Wildman–Crippen LogP) is 2.68. The van der Waals surface area contributed by atoms with Crippen LogP contribution in [0.2, 0.25) is 0 Å². The largest absolute Gasteiger partial charge is 0.198 e. The molecule has 1 nitrogen and oxygen atoms in total. The van der Waals surface area contributed by atoms with Crippen molar-refractivity contribution in [1.82, 2.24) is 0 Å². The van der Waals surface area contributed by atoms with Gasteiger partial charge in [-0.15, -0.1) is 0 Å². The molecule has 62 valence electrons. The highest BCUT2D eigenvalue weighted by Crippen LogP contribution is 2.29. The van der Waals surface area contributed by atoms with E-state index in [2.05, 4.69) is 13.0 Å². The van der Waals surface area contributed by atoms with Crippen molar-refractivity contribution in [3.05, 3.63) is 0 Å². The lowest BCUT2D eigenvalue weighted by atomic mass is 9.87. The summed E-state index contributed by atoms with van der Waals surface area (Å²) < 4.78 is 0. The summed E-state index contributed by atoms with van der Waals surface area (Å²) in [6, 6.07) is 2.41. The molecule has 11 heavy (non-hydrogen) atoms. The number of nitrogens with zero attached hydrogens (tertiary/aromatic N) is 1. The molecule has 0 aromatic carbocycles. The van der Waals surface area contributed by atoms with Crippen LogP contribution in [0.15, 0.2) is 0 Å². The van der Waals surface area contributed by atoms with Crippen LogP contribution in [-0.4, -0.2) is 11.5 Å². The van der Waals surface area contributed by atoms with E-state index in [1.165, 1.54) is 24.3 Å². The molecule has 0 saturated carbocycles. The van der Waals surface area contributed by atoms with Gasteiger partial charge in [-0.1, -0.05) is 6.92 Å². The maximum Gasteiger partial charge on any atom is 0.0658 e. The highest BCUT2D eigenvalue weighted by molar-refractivity contribution is 7.99. The van der Waals surface area contributed by atoms with Crippen LogP contribution in [0.3, 0.4) is 0 Å². The third-order valence-corrected chi connectivity index (χ3v) is 3.49. The van der Waals surface area contributed by atoms with E-state index in [0.717, 1.165) is 6.42 Å². The van der Waals surface area contributed by atoms with E-state index in [1.54, 1.807) is 0 Å². The SMILES string of the molecule is CCC(C#N)C1CCSCC1. The van der Waals surface area contributed by atoms with Crippen molar-refractivity contribution >= 4 is 11.8 Å². The zero-order valence-electron chi connectivity index (χ0n) is 7.05. The first-order valence-electron chi connectivity index (χ1n) is 4.35. The highest BCUT2D eigenvalue weighted by atomic mass is 32.2. The molecule has 1 aliphatic heterocycles. The number of hydrogen-bond acceptors (Lipinski definition) is 2. The van der Waals surface area contributed by atoms with E-state index in [1.807, 2.05) is 11.8 Å². The fourth-order valence-electron chi connectivity index (χ4n) is 1.65. The zero-order valence-corrected chi connectivity index (χ0v) is 7.86. The van der Waals surface area contributed by atoms with Crippen LogP contribution in [0, 0.1) is 23.2 Å². The van der Waals surface area contributed by atoms with Gasteiger partial charge in [0.15, 0.2) is 0 Å². The molecule has 1 aliphatic rings. The fraction of sp³-hybridized carbons (Fsp3) is 0.889. The van der Waals surface area contributed by atoms with Gasteiger partial charge in [-0.2, -0.15) is 17.0 Å². The van der Waals surface area contributed by atoms with Crippen molar-refractivity contribution in [2.45, 2.75) is 26.2 Å². The van der Waals surface area contributed by atoms with Gasteiger partial charge < -0.3 is 0 Å². The van der Waals surface area contributed by atoms with Crippen LogP contribution in [-0.2, 0) is 0 Å². The minimum Gasteiger partial charge on any atom is -0.198 e. The van der Waals surface area contributed by atoms with Gasteiger partial charge in [0.05, 0.1) is 6.07 Å². The molecule has 1 atom stereocenters. The topological polar surface area (TPSA) is 23.8 Å². The summed E-state index contributed by atoms with van der Waals surface area (Å²) in [5.74, 6) is 3.56. The Balaban J connectivity index is 2.38. The monoisotopic (exact) mass is 169 g/mol. The molecule has 0 spiro atoms. The van der Waals surface area contributed by atoms with Gasteiger partial charge in [0.1, 0.15) is 0 Å². The summed E-state index contributed by atoms with van der Waals surface area (Å²) in [4.78, 5) is 0. The molecule has 1 heterocycles. The molecule has 1 saturated heterocycles. The maximum absolute atomic E-state index is 8.82. The molecule has 0 radical (unpaired) electrons. The molecular formula is C9H15NS. The Kier molecular flexibility index (Phi) is 3.79. The van der Waals surface area contributed by atoms with Crippen molar-refractivity contribution in [3.8, 4) is 6.07 Å². The summed E-state index contributed by atoms with van der Waals surface area (Å²) in [6.07, 6.45) is 3.55. The van der Waals surface area contributed by atoms with Crippen molar-refractivity contribution in [2.24, 2.45) is 11.8 Å². The maximum atomic E-state index is 8.82. The minimum atomic E-state index is 0.330. The quantitative estimate of drug-likeness (QED) is 0.634. The molecule has 0 N–H and O–H groups in total. The molecule has 1 unspecified atom stereocenters. The van der Waals surface area contributed by atoms with E-state index < -0.39 is 0 Å². The van der Waals surface area contributed by atoms with Gasteiger partial charge >= 0.3 is 0 Å². The Morgan fingerprint density at radius 1 is 1.55 bits per heavy atom. The molecule has 1 rings (SSSR count). The van der Waals surface area contributed by atoms with Crippen molar-refractivity contribution in [2.75, 3.05) is 11.5 Å². The number of thioether (sulfide) groups is 1. The Morgan fingerprint density at radius 3 is 2.64 bits per heavy atom. The second kappa shape index (κ2) is 4.66. The normalized spacial score (nSPS) is 22.5. The van der Waals surface area contributed by atoms with E-state index in [-0.39, 0.29) is 0 Å². The van der Waals surface area contributed by atoms with Crippen LogP contribution in [0.1, 0.15) is 26.2 Å². The standard InChI is InChI=1S/C9H15NS/c1-2-8(7-10)9-3-5-11-6-4-9/h8-9H,2-6H2,1H3. The summed E-state index contributed by atoms with van der Waals surface area (Å²) in [6.45, 7) is 2.12. The van der Waals surface area contributed by atoms with Crippen LogP contribution in [0.5, 0.6) is 0 Å². The highest BCUT2D eigenvalue weighted by Gasteiger charge is 2.21. The van der Waals surface area contributed by atoms with Crippen molar-refractivity contribution in [1.29, 1.82) is 5.26 Å². The minimum absolute atomic E-state index is 0.330. The second-order valence-electron chi connectivity index (χ2n) is 3.09. The first-order chi connectivity index (χ1) is 5.38. The van der Waals surface area contributed by atoms with E-state index >= 15 is 0 Å². The molecule has 2 heteroatoms. The van der Waals surface area contributed by atoms with Gasteiger partial charge in [0.2, 0.25) is 0 Å². The zero-order chi connectivity index (χ0) is 8.10. The third kappa shape index (κ3) is 2.41. The molecule has 0 aliphatic carbocycles. The Bertz CT molecular complexity index is 144. The van der Waals surface area contributed by atoms with Crippen molar-refractivity contribution in [3.63, 3.8) is 0 Å². The van der Waals surface area contributed by atoms with E-state index in [9.17, 15) is 0 Å². The Labute approximate surface area is 73.2 Å². The van der Waals surface area contributed by atoms with Gasteiger partial charge in [-0.25, -0.2) is 0 Å². The molecule has 0 aromatic rings. The first-order valence-corrected chi connectivity index (χ1v) is 5.51. The fourth-order valence-corrected chi connectivity index (χ4v) is 2.79. The van der Waals surface area contributed by atoms with Gasteiger partial charge in [-0.3, -0.25) is 0 Å². The van der Waals surface area contributed by atoms with E-state index in [0.29, 0.717) is 11.8 Å².